The predicted octanol–water partition coefficient (Wildman–Crippen LogP) is 3.11. The van der Waals surface area contributed by atoms with Gasteiger partial charge in [-0.1, -0.05) is 41.5 Å². The largest absolute Gasteiger partial charge is 0.352 e. The summed E-state index contributed by atoms with van der Waals surface area (Å²) in [5.41, 5.74) is 6.49. The van der Waals surface area contributed by atoms with E-state index in [2.05, 4.69) is 33.0 Å². The van der Waals surface area contributed by atoms with Crippen molar-refractivity contribution < 1.29 is 4.79 Å². The summed E-state index contributed by atoms with van der Waals surface area (Å²) in [6.07, 6.45) is 3.31. The van der Waals surface area contributed by atoms with Gasteiger partial charge < -0.3 is 11.1 Å². The van der Waals surface area contributed by atoms with Crippen molar-refractivity contribution in [3.8, 4) is 0 Å². The number of hydrogen-bond donors (Lipinski definition) is 2. The second-order valence-electron chi connectivity index (χ2n) is 7.89. The summed E-state index contributed by atoms with van der Waals surface area (Å²) in [5, 5.41) is 3.15. The number of nitrogens with one attached hydrogen (secondary N) is 1. The molecule has 1 aliphatic rings. The third-order valence-corrected chi connectivity index (χ3v) is 3.92. The molecule has 0 bridgehead atoms. The molecule has 0 heterocycles. The lowest BCUT2D eigenvalue weighted by Gasteiger charge is -2.45. The zero-order valence-corrected chi connectivity index (χ0v) is 14.1. The Kier molecular flexibility index (Phi) is 6.35. The van der Waals surface area contributed by atoms with Crippen LogP contribution in [-0.4, -0.2) is 18.0 Å². The second-order valence-corrected chi connectivity index (χ2v) is 7.89. The van der Waals surface area contributed by atoms with E-state index in [9.17, 15) is 4.79 Å². The minimum atomic E-state index is -0.391. The Morgan fingerprint density at radius 2 is 1.58 bits per heavy atom. The third-order valence-electron chi connectivity index (χ3n) is 3.92. The Bertz CT molecular complexity index is 297. The number of hydrogen-bond acceptors (Lipinski definition) is 2. The summed E-state index contributed by atoms with van der Waals surface area (Å²) < 4.78 is 0. The fourth-order valence-electron chi connectivity index (χ4n) is 3.55. The van der Waals surface area contributed by atoms with Crippen LogP contribution in [0.15, 0.2) is 0 Å². The van der Waals surface area contributed by atoms with Crippen LogP contribution >= 0.6 is 12.4 Å². The first-order chi connectivity index (χ1) is 8.02. The van der Waals surface area contributed by atoms with E-state index < -0.39 is 6.04 Å². The molecule has 3 nitrogen and oxygen atoms in total. The molecule has 1 aliphatic carbocycles. The van der Waals surface area contributed by atoms with Gasteiger partial charge >= 0.3 is 0 Å². The van der Waals surface area contributed by atoms with E-state index in [4.69, 9.17) is 5.73 Å². The summed E-state index contributed by atoms with van der Waals surface area (Å²) in [7, 11) is 0. The smallest absolute Gasteiger partial charge is 0.237 e. The molecule has 1 saturated carbocycles. The Hall–Kier alpha value is -0.280. The molecule has 0 saturated heterocycles. The fourth-order valence-corrected chi connectivity index (χ4v) is 3.55. The molecule has 0 aliphatic heterocycles. The topological polar surface area (TPSA) is 55.1 Å². The van der Waals surface area contributed by atoms with E-state index in [-0.39, 0.29) is 30.3 Å². The lowest BCUT2D eigenvalue weighted by Crippen LogP contribution is -2.52. The molecule has 4 heteroatoms. The molecule has 0 aromatic heterocycles. The number of halogens is 1. The Labute approximate surface area is 124 Å². The molecular weight excluding hydrogens is 260 g/mol. The van der Waals surface area contributed by atoms with Crippen molar-refractivity contribution >= 4 is 18.3 Å². The minimum absolute atomic E-state index is 0. The van der Waals surface area contributed by atoms with Crippen molar-refractivity contribution in [3.63, 3.8) is 0 Å². The van der Waals surface area contributed by atoms with Crippen LogP contribution in [0.3, 0.4) is 0 Å². The first kappa shape index (κ1) is 18.7. The number of amides is 1. The summed E-state index contributed by atoms with van der Waals surface area (Å²) in [6.45, 7) is 13.1. The molecule has 19 heavy (non-hydrogen) atoms. The number of carbonyl (C=O) groups excluding carboxylic acids is 1. The Morgan fingerprint density at radius 1 is 1.16 bits per heavy atom. The lowest BCUT2D eigenvalue weighted by molar-refractivity contribution is -0.124. The third kappa shape index (κ3) is 5.70. The molecule has 0 aromatic carbocycles. The van der Waals surface area contributed by atoms with Crippen molar-refractivity contribution in [1.82, 2.24) is 5.32 Å². The van der Waals surface area contributed by atoms with Crippen molar-refractivity contribution in [3.05, 3.63) is 0 Å². The van der Waals surface area contributed by atoms with E-state index >= 15 is 0 Å². The SMILES string of the molecule is CC(C)[C@@H](N)C(=O)NC1CC(C)(C)CC(C)(C)C1.Cl. The fraction of sp³-hybridized carbons (Fsp3) is 0.933. The molecule has 0 spiro atoms. The van der Waals surface area contributed by atoms with Gasteiger partial charge in [-0.3, -0.25) is 4.79 Å². The monoisotopic (exact) mass is 290 g/mol. The summed E-state index contributed by atoms with van der Waals surface area (Å²) in [6, 6.07) is -0.126. The lowest BCUT2D eigenvalue weighted by atomic mass is 9.63. The number of carbonyl (C=O) groups is 1. The van der Waals surface area contributed by atoms with Gasteiger partial charge in [0.1, 0.15) is 0 Å². The maximum Gasteiger partial charge on any atom is 0.237 e. The van der Waals surface area contributed by atoms with Crippen LogP contribution in [0.5, 0.6) is 0 Å². The average molecular weight is 291 g/mol. The van der Waals surface area contributed by atoms with E-state index in [1.807, 2.05) is 13.8 Å². The quantitative estimate of drug-likeness (QED) is 0.839. The summed E-state index contributed by atoms with van der Waals surface area (Å²) >= 11 is 0. The molecule has 3 N–H and O–H groups in total. The minimum Gasteiger partial charge on any atom is -0.352 e. The van der Waals surface area contributed by atoms with Crippen LogP contribution in [0, 0.1) is 16.7 Å². The van der Waals surface area contributed by atoms with Crippen LogP contribution in [0.25, 0.3) is 0 Å². The molecule has 0 unspecified atom stereocenters. The van der Waals surface area contributed by atoms with E-state index in [0.29, 0.717) is 10.8 Å². The van der Waals surface area contributed by atoms with Crippen LogP contribution in [0.2, 0.25) is 0 Å². The van der Waals surface area contributed by atoms with Crippen molar-refractivity contribution in [2.24, 2.45) is 22.5 Å². The molecule has 114 valence electrons. The highest BCUT2D eigenvalue weighted by molar-refractivity contribution is 5.85. The summed E-state index contributed by atoms with van der Waals surface area (Å²) in [4.78, 5) is 12.0. The zero-order valence-electron chi connectivity index (χ0n) is 13.2. The number of rotatable bonds is 3. The standard InChI is InChI=1S/C15H30N2O.ClH/c1-10(2)12(16)13(18)17-11-7-14(3,4)9-15(5,6)8-11;/h10-12H,7-9,16H2,1-6H3,(H,17,18);1H/t12-;/m1./s1. The van der Waals surface area contributed by atoms with Gasteiger partial charge in [0, 0.05) is 6.04 Å². The van der Waals surface area contributed by atoms with E-state index in [1.165, 1.54) is 6.42 Å². The molecule has 0 aromatic rings. The van der Waals surface area contributed by atoms with Crippen LogP contribution < -0.4 is 11.1 Å². The van der Waals surface area contributed by atoms with Gasteiger partial charge in [-0.25, -0.2) is 0 Å². The summed E-state index contributed by atoms with van der Waals surface area (Å²) in [5.74, 6) is 0.193. The van der Waals surface area contributed by atoms with Gasteiger partial charge in [-0.05, 0) is 36.0 Å². The van der Waals surface area contributed by atoms with Crippen molar-refractivity contribution in [2.45, 2.75) is 72.9 Å². The highest BCUT2D eigenvalue weighted by Gasteiger charge is 2.39. The van der Waals surface area contributed by atoms with Crippen molar-refractivity contribution in [2.75, 3.05) is 0 Å². The van der Waals surface area contributed by atoms with Crippen LogP contribution in [0.1, 0.15) is 60.8 Å². The highest BCUT2D eigenvalue weighted by atomic mass is 35.5. The van der Waals surface area contributed by atoms with Crippen LogP contribution in [-0.2, 0) is 4.79 Å². The van der Waals surface area contributed by atoms with Gasteiger partial charge in [0.05, 0.1) is 6.04 Å². The van der Waals surface area contributed by atoms with Gasteiger partial charge in [0.2, 0.25) is 5.91 Å². The molecule has 1 atom stereocenters. The molecule has 1 rings (SSSR count). The maximum absolute atomic E-state index is 12.0. The van der Waals surface area contributed by atoms with E-state index in [0.717, 1.165) is 12.8 Å². The predicted molar refractivity (Wildman–Crippen MR) is 83.4 cm³/mol. The van der Waals surface area contributed by atoms with Crippen molar-refractivity contribution in [1.29, 1.82) is 0 Å². The Balaban J connectivity index is 0.00000324. The first-order valence-electron chi connectivity index (χ1n) is 7.08. The Morgan fingerprint density at radius 3 is 1.95 bits per heavy atom. The zero-order chi connectivity index (χ0) is 14.1. The normalized spacial score (nSPS) is 23.6. The average Bonchev–Trinajstić information content (AvgIpc) is 2.10. The van der Waals surface area contributed by atoms with Gasteiger partial charge in [-0.2, -0.15) is 0 Å². The molecule has 1 fully saturated rings. The van der Waals surface area contributed by atoms with Gasteiger partial charge in [0.25, 0.3) is 0 Å². The van der Waals surface area contributed by atoms with Crippen LogP contribution in [0.4, 0.5) is 0 Å². The second kappa shape index (κ2) is 6.45. The molecule has 1 amide bonds. The highest BCUT2D eigenvalue weighted by Crippen LogP contribution is 2.45. The van der Waals surface area contributed by atoms with E-state index in [1.54, 1.807) is 0 Å². The first-order valence-corrected chi connectivity index (χ1v) is 7.08. The van der Waals surface area contributed by atoms with Gasteiger partial charge in [-0.15, -0.1) is 12.4 Å². The van der Waals surface area contributed by atoms with Gasteiger partial charge in [0.15, 0.2) is 0 Å². The number of nitrogens with two attached hydrogens (primary N) is 1. The maximum atomic E-state index is 12.0. The molecule has 0 radical (unpaired) electrons. The molecular formula is C15H31ClN2O.